The molecular weight excluding hydrogens is 148 g/mol. The van der Waals surface area contributed by atoms with Gasteiger partial charge in [0.05, 0.1) is 6.61 Å². The molecule has 0 aromatic carbocycles. The van der Waals surface area contributed by atoms with Crippen molar-refractivity contribution >= 4 is 11.8 Å². The lowest BCUT2D eigenvalue weighted by atomic mass is 10.3. The van der Waals surface area contributed by atoms with Gasteiger partial charge in [-0.2, -0.15) is 0 Å². The molecule has 66 valence electrons. The van der Waals surface area contributed by atoms with Crippen LogP contribution in [0.1, 0.15) is 20.3 Å². The van der Waals surface area contributed by atoms with E-state index in [1.54, 1.807) is 13.8 Å². The van der Waals surface area contributed by atoms with E-state index in [4.69, 9.17) is 5.11 Å². The molecule has 0 aliphatic heterocycles. The van der Waals surface area contributed by atoms with Gasteiger partial charge in [0.1, 0.15) is 0 Å². The predicted octanol–water partition coefficient (Wildman–Crippen LogP) is 0.137. The molecular formula is C7H14O4. The Morgan fingerprint density at radius 2 is 1.73 bits per heavy atom. The molecule has 0 amide bonds. The van der Waals surface area contributed by atoms with Crippen LogP contribution in [0.15, 0.2) is 0 Å². The summed E-state index contributed by atoms with van der Waals surface area (Å²) in [5.74, 6) is -1.18. The van der Waals surface area contributed by atoms with Gasteiger partial charge in [-0.3, -0.25) is 4.79 Å². The van der Waals surface area contributed by atoms with E-state index < -0.39 is 11.8 Å². The third kappa shape index (κ3) is 6.99. The zero-order valence-corrected chi connectivity index (χ0v) is 7.09. The molecule has 11 heavy (non-hydrogen) atoms. The van der Waals surface area contributed by atoms with E-state index in [1.165, 1.54) is 0 Å². The molecule has 0 aromatic rings. The average Bonchev–Trinajstić information content (AvgIpc) is 2.07. The third-order valence-corrected chi connectivity index (χ3v) is 0.824. The number of hydrogen-bond acceptors (Lipinski definition) is 4. The first kappa shape index (κ1) is 12.7. The van der Waals surface area contributed by atoms with Crippen LogP contribution in [0.25, 0.3) is 0 Å². The Balaban J connectivity index is 0. The highest BCUT2D eigenvalue weighted by Gasteiger charge is 2.10. The number of rotatable bonds is 3. The average molecular weight is 162 g/mol. The van der Waals surface area contributed by atoms with Gasteiger partial charge in [0.25, 0.3) is 0 Å². The van der Waals surface area contributed by atoms with Crippen molar-refractivity contribution in [2.45, 2.75) is 20.3 Å². The van der Waals surface area contributed by atoms with E-state index in [2.05, 4.69) is 4.74 Å². The van der Waals surface area contributed by atoms with Crippen LogP contribution in [0.3, 0.4) is 0 Å². The van der Waals surface area contributed by atoms with Crippen LogP contribution in [0, 0.1) is 0 Å². The van der Waals surface area contributed by atoms with Crippen molar-refractivity contribution in [1.29, 1.82) is 0 Å². The predicted molar refractivity (Wildman–Crippen MR) is 40.1 cm³/mol. The molecule has 0 aromatic heterocycles. The van der Waals surface area contributed by atoms with Crippen molar-refractivity contribution in [1.82, 2.24) is 0 Å². The summed E-state index contributed by atoms with van der Waals surface area (Å²) in [6, 6.07) is 0. The standard InChI is InChI=1S/C6H10O3.CH4O/c1-3-5(7)6(8)9-4-2;1-2/h3-4H2,1-2H3;2H,1H3. The number of ether oxygens (including phenoxy) is 1. The van der Waals surface area contributed by atoms with Crippen molar-refractivity contribution in [3.8, 4) is 0 Å². The van der Waals surface area contributed by atoms with Crippen LogP contribution in [0.4, 0.5) is 0 Å². The molecule has 0 atom stereocenters. The van der Waals surface area contributed by atoms with Gasteiger partial charge in [-0.15, -0.1) is 0 Å². The van der Waals surface area contributed by atoms with Crippen LogP contribution >= 0.6 is 0 Å². The molecule has 0 aliphatic carbocycles. The van der Waals surface area contributed by atoms with Gasteiger partial charge >= 0.3 is 5.97 Å². The third-order valence-electron chi connectivity index (χ3n) is 0.824. The van der Waals surface area contributed by atoms with Gasteiger partial charge in [-0.25, -0.2) is 4.79 Å². The number of carbonyl (C=O) groups is 2. The molecule has 1 N–H and O–H groups in total. The summed E-state index contributed by atoms with van der Waals surface area (Å²) in [4.78, 5) is 20.8. The maximum absolute atomic E-state index is 10.4. The van der Waals surface area contributed by atoms with Gasteiger partial charge in [-0.05, 0) is 6.92 Å². The zero-order valence-electron chi connectivity index (χ0n) is 7.09. The normalized spacial score (nSPS) is 7.64. The fourth-order valence-corrected chi connectivity index (χ4v) is 0.356. The SMILES string of the molecule is CCOC(=O)C(=O)CC.CO. The van der Waals surface area contributed by atoms with Gasteiger partial charge in [-0.1, -0.05) is 6.92 Å². The molecule has 0 aliphatic rings. The first-order valence-electron chi connectivity index (χ1n) is 3.37. The van der Waals surface area contributed by atoms with E-state index in [0.717, 1.165) is 7.11 Å². The molecule has 0 rings (SSSR count). The topological polar surface area (TPSA) is 63.6 Å². The number of aliphatic hydroxyl groups excluding tert-OH is 1. The summed E-state index contributed by atoms with van der Waals surface area (Å²) in [5.41, 5.74) is 0. The second-order valence-electron chi connectivity index (χ2n) is 1.50. The fraction of sp³-hybridized carbons (Fsp3) is 0.714. The van der Waals surface area contributed by atoms with E-state index in [9.17, 15) is 9.59 Å². The van der Waals surface area contributed by atoms with Gasteiger partial charge < -0.3 is 9.84 Å². The van der Waals surface area contributed by atoms with Crippen molar-refractivity contribution in [3.63, 3.8) is 0 Å². The lowest BCUT2D eigenvalue weighted by Crippen LogP contribution is -2.15. The highest BCUT2D eigenvalue weighted by Crippen LogP contribution is 1.84. The second-order valence-corrected chi connectivity index (χ2v) is 1.50. The van der Waals surface area contributed by atoms with Gasteiger partial charge in [0.15, 0.2) is 0 Å². The van der Waals surface area contributed by atoms with E-state index in [0.29, 0.717) is 0 Å². The largest absolute Gasteiger partial charge is 0.460 e. The summed E-state index contributed by atoms with van der Waals surface area (Å²) < 4.78 is 4.41. The highest BCUT2D eigenvalue weighted by atomic mass is 16.5. The molecule has 0 saturated heterocycles. The van der Waals surface area contributed by atoms with Crippen LogP contribution in [-0.2, 0) is 14.3 Å². The van der Waals surface area contributed by atoms with E-state index >= 15 is 0 Å². The van der Waals surface area contributed by atoms with Crippen molar-refractivity contribution in [2.75, 3.05) is 13.7 Å². The van der Waals surface area contributed by atoms with Crippen LogP contribution in [0.2, 0.25) is 0 Å². The minimum Gasteiger partial charge on any atom is -0.460 e. The molecule has 0 fully saturated rings. The maximum atomic E-state index is 10.4. The molecule has 0 bridgehead atoms. The van der Waals surface area contributed by atoms with Gasteiger partial charge in [0, 0.05) is 13.5 Å². The van der Waals surface area contributed by atoms with Crippen molar-refractivity contribution in [3.05, 3.63) is 0 Å². The molecule has 0 unspecified atom stereocenters. The Bertz CT molecular complexity index is 120. The van der Waals surface area contributed by atoms with Gasteiger partial charge in [0.2, 0.25) is 5.78 Å². The summed E-state index contributed by atoms with van der Waals surface area (Å²) in [6.07, 6.45) is 0.221. The number of aliphatic hydroxyl groups is 1. The number of ketones is 1. The maximum Gasteiger partial charge on any atom is 0.374 e. The Hall–Kier alpha value is -0.900. The highest BCUT2D eigenvalue weighted by molar-refractivity contribution is 6.33. The summed E-state index contributed by atoms with van der Waals surface area (Å²) >= 11 is 0. The molecule has 0 saturated carbocycles. The van der Waals surface area contributed by atoms with E-state index in [1.807, 2.05) is 0 Å². The number of hydrogen-bond donors (Lipinski definition) is 1. The second kappa shape index (κ2) is 9.10. The fourth-order valence-electron chi connectivity index (χ4n) is 0.356. The van der Waals surface area contributed by atoms with Crippen LogP contribution in [-0.4, -0.2) is 30.6 Å². The lowest BCUT2D eigenvalue weighted by Gasteiger charge is -1.95. The Morgan fingerprint density at radius 3 is 2.00 bits per heavy atom. The Kier molecular flexibility index (Phi) is 10.5. The lowest BCUT2D eigenvalue weighted by molar-refractivity contribution is -0.153. The zero-order chi connectivity index (χ0) is 9.28. The minimum absolute atomic E-state index is 0.221. The monoisotopic (exact) mass is 162 g/mol. The van der Waals surface area contributed by atoms with Crippen LogP contribution < -0.4 is 0 Å². The first-order chi connectivity index (χ1) is 5.22. The minimum atomic E-state index is -0.722. The van der Waals surface area contributed by atoms with E-state index in [-0.39, 0.29) is 13.0 Å². The first-order valence-corrected chi connectivity index (χ1v) is 3.37. The number of Topliss-reactive ketones (excluding diaryl/α,β-unsaturated/α-hetero) is 1. The number of carbonyl (C=O) groups excluding carboxylic acids is 2. The molecule has 0 radical (unpaired) electrons. The molecule has 4 nitrogen and oxygen atoms in total. The Labute approximate surface area is 66.2 Å². The summed E-state index contributed by atoms with van der Waals surface area (Å²) in [6.45, 7) is 3.56. The Morgan fingerprint density at radius 1 is 1.27 bits per heavy atom. The smallest absolute Gasteiger partial charge is 0.374 e. The van der Waals surface area contributed by atoms with Crippen LogP contribution in [0.5, 0.6) is 0 Å². The van der Waals surface area contributed by atoms with Crippen molar-refractivity contribution in [2.24, 2.45) is 0 Å². The van der Waals surface area contributed by atoms with Crippen molar-refractivity contribution < 1.29 is 19.4 Å². The number of esters is 1. The quantitative estimate of drug-likeness (QED) is 0.473. The molecule has 0 spiro atoms. The summed E-state index contributed by atoms with van der Waals surface area (Å²) in [7, 11) is 1.00. The molecule has 0 heterocycles. The molecule has 4 heteroatoms. The summed E-state index contributed by atoms with van der Waals surface area (Å²) in [5, 5.41) is 7.00.